The van der Waals surface area contributed by atoms with E-state index in [1.54, 1.807) is 42.5 Å². The van der Waals surface area contributed by atoms with Gasteiger partial charge in [0.15, 0.2) is 11.5 Å². The van der Waals surface area contributed by atoms with Gasteiger partial charge in [0.2, 0.25) is 0 Å². The van der Waals surface area contributed by atoms with Crippen molar-refractivity contribution in [3.8, 4) is 17.2 Å². The molecule has 0 saturated heterocycles. The van der Waals surface area contributed by atoms with Gasteiger partial charge < -0.3 is 14.2 Å². The topological polar surface area (TPSA) is 65.1 Å². The van der Waals surface area contributed by atoms with Gasteiger partial charge in [-0.3, -0.25) is 9.59 Å². The van der Waals surface area contributed by atoms with Crippen LogP contribution in [-0.4, -0.2) is 32.6 Å². The number of nitrogens with zero attached hydrogens (tertiary/aromatic N) is 1. The van der Waals surface area contributed by atoms with E-state index in [9.17, 15) is 9.59 Å². The van der Waals surface area contributed by atoms with Gasteiger partial charge in [0.05, 0.1) is 32.1 Å². The van der Waals surface area contributed by atoms with E-state index in [2.05, 4.69) is 13.8 Å². The fraction of sp³-hybridized carbons (Fsp3) is 0.273. The van der Waals surface area contributed by atoms with Crippen LogP contribution in [0, 0.1) is 5.92 Å². The molecule has 6 nitrogen and oxygen atoms in total. The molecule has 29 heavy (non-hydrogen) atoms. The standard InChI is InChI=1S/C22H22ClNO5/c1-13(2)12-29-16-8-6-15(7-9-16)24-21(25)19(20(23)22(24)26)14-5-10-17(27-3)18(11-14)28-4/h5-11,13H,12H2,1-4H3. The van der Waals surface area contributed by atoms with Crippen LogP contribution in [-0.2, 0) is 9.59 Å². The van der Waals surface area contributed by atoms with Gasteiger partial charge in [0.25, 0.3) is 11.8 Å². The number of benzene rings is 2. The minimum absolute atomic E-state index is 0.123. The van der Waals surface area contributed by atoms with Gasteiger partial charge in [-0.2, -0.15) is 0 Å². The summed E-state index contributed by atoms with van der Waals surface area (Å²) < 4.78 is 16.1. The Bertz CT molecular complexity index is 966. The molecule has 0 atom stereocenters. The zero-order valence-electron chi connectivity index (χ0n) is 16.7. The molecule has 0 spiro atoms. The molecule has 0 bridgehead atoms. The first-order chi connectivity index (χ1) is 13.9. The number of hydrogen-bond acceptors (Lipinski definition) is 5. The Hall–Kier alpha value is -2.99. The first kappa shape index (κ1) is 20.7. The van der Waals surface area contributed by atoms with Crippen molar-refractivity contribution in [1.29, 1.82) is 0 Å². The van der Waals surface area contributed by atoms with Crippen LogP contribution in [0.3, 0.4) is 0 Å². The average Bonchev–Trinajstić information content (AvgIpc) is 2.94. The van der Waals surface area contributed by atoms with E-state index < -0.39 is 11.8 Å². The number of hydrogen-bond donors (Lipinski definition) is 0. The second-order valence-electron chi connectivity index (χ2n) is 6.90. The molecule has 0 N–H and O–H groups in total. The zero-order chi connectivity index (χ0) is 21.1. The first-order valence-corrected chi connectivity index (χ1v) is 9.49. The number of anilines is 1. The fourth-order valence-corrected chi connectivity index (χ4v) is 3.21. The smallest absolute Gasteiger partial charge is 0.277 e. The molecule has 1 heterocycles. The molecule has 0 unspecified atom stereocenters. The van der Waals surface area contributed by atoms with Gasteiger partial charge in [-0.15, -0.1) is 0 Å². The lowest BCUT2D eigenvalue weighted by atomic mass is 10.1. The molecule has 3 rings (SSSR count). The molecule has 7 heteroatoms. The maximum Gasteiger partial charge on any atom is 0.277 e. The summed E-state index contributed by atoms with van der Waals surface area (Å²) in [6.45, 7) is 4.69. The molecule has 1 aliphatic heterocycles. The van der Waals surface area contributed by atoms with E-state index >= 15 is 0 Å². The van der Waals surface area contributed by atoms with Crippen molar-refractivity contribution in [2.24, 2.45) is 5.92 Å². The van der Waals surface area contributed by atoms with Gasteiger partial charge in [-0.25, -0.2) is 4.90 Å². The molecule has 1 aliphatic rings. The van der Waals surface area contributed by atoms with E-state index in [-0.39, 0.29) is 10.6 Å². The summed E-state index contributed by atoms with van der Waals surface area (Å²) >= 11 is 6.26. The minimum Gasteiger partial charge on any atom is -0.493 e. The number of ether oxygens (including phenoxy) is 3. The summed E-state index contributed by atoms with van der Waals surface area (Å²) in [5.41, 5.74) is 1.02. The Morgan fingerprint density at radius 1 is 0.931 bits per heavy atom. The number of carbonyl (C=O) groups is 2. The number of rotatable bonds is 7. The Morgan fingerprint density at radius 3 is 2.17 bits per heavy atom. The number of imide groups is 1. The minimum atomic E-state index is -0.572. The Balaban J connectivity index is 1.89. The number of amides is 2. The Morgan fingerprint density at radius 2 is 1.59 bits per heavy atom. The maximum atomic E-state index is 13.0. The molecule has 2 aromatic rings. The third-order valence-electron chi connectivity index (χ3n) is 4.38. The van der Waals surface area contributed by atoms with Crippen LogP contribution in [0.1, 0.15) is 19.4 Å². The lowest BCUT2D eigenvalue weighted by Crippen LogP contribution is -2.31. The SMILES string of the molecule is COc1ccc(C2=C(Cl)C(=O)N(c3ccc(OCC(C)C)cc3)C2=O)cc1OC. The fourth-order valence-electron chi connectivity index (χ4n) is 2.93. The lowest BCUT2D eigenvalue weighted by Gasteiger charge is -2.16. The van der Waals surface area contributed by atoms with Crippen molar-refractivity contribution >= 4 is 34.7 Å². The molecule has 2 aromatic carbocycles. The van der Waals surface area contributed by atoms with Crippen molar-refractivity contribution in [2.45, 2.75) is 13.8 Å². The molecule has 0 aliphatic carbocycles. The van der Waals surface area contributed by atoms with Crippen molar-refractivity contribution in [3.63, 3.8) is 0 Å². The Labute approximate surface area is 174 Å². The number of carbonyl (C=O) groups excluding carboxylic acids is 2. The van der Waals surface area contributed by atoms with Gasteiger partial charge in [-0.05, 0) is 47.9 Å². The summed E-state index contributed by atoms with van der Waals surface area (Å²) in [6.07, 6.45) is 0. The van der Waals surface area contributed by atoms with Crippen LogP contribution in [0.15, 0.2) is 47.5 Å². The summed E-state index contributed by atoms with van der Waals surface area (Å²) in [7, 11) is 3.01. The second kappa shape index (κ2) is 8.57. The summed E-state index contributed by atoms with van der Waals surface area (Å²) in [5.74, 6) is 0.940. The molecule has 2 amide bonds. The van der Waals surface area contributed by atoms with Crippen LogP contribution in [0.4, 0.5) is 5.69 Å². The van der Waals surface area contributed by atoms with E-state index in [1.165, 1.54) is 14.2 Å². The van der Waals surface area contributed by atoms with Crippen molar-refractivity contribution in [3.05, 3.63) is 53.1 Å². The molecule has 0 aromatic heterocycles. The summed E-state index contributed by atoms with van der Waals surface area (Å²) in [4.78, 5) is 26.8. The molecular weight excluding hydrogens is 394 g/mol. The molecule has 152 valence electrons. The van der Waals surface area contributed by atoms with Crippen LogP contribution in [0.5, 0.6) is 17.2 Å². The maximum absolute atomic E-state index is 13.0. The van der Waals surface area contributed by atoms with Crippen LogP contribution in [0.25, 0.3) is 5.57 Å². The van der Waals surface area contributed by atoms with E-state index in [1.807, 2.05) is 0 Å². The predicted molar refractivity (Wildman–Crippen MR) is 112 cm³/mol. The highest BCUT2D eigenvalue weighted by Crippen LogP contribution is 2.38. The van der Waals surface area contributed by atoms with Gasteiger partial charge >= 0.3 is 0 Å². The highest BCUT2D eigenvalue weighted by atomic mass is 35.5. The predicted octanol–water partition coefficient (Wildman–Crippen LogP) is 4.26. The van der Waals surface area contributed by atoms with Gasteiger partial charge in [0.1, 0.15) is 10.8 Å². The van der Waals surface area contributed by atoms with Crippen LogP contribution >= 0.6 is 11.6 Å². The van der Waals surface area contributed by atoms with Crippen molar-refractivity contribution in [1.82, 2.24) is 0 Å². The third kappa shape index (κ3) is 4.07. The lowest BCUT2D eigenvalue weighted by molar-refractivity contribution is -0.119. The zero-order valence-corrected chi connectivity index (χ0v) is 17.4. The highest BCUT2D eigenvalue weighted by molar-refractivity contribution is 6.60. The number of methoxy groups -OCH3 is 2. The quantitative estimate of drug-likeness (QED) is 0.632. The molecule has 0 saturated carbocycles. The van der Waals surface area contributed by atoms with Crippen LogP contribution in [0.2, 0.25) is 0 Å². The largest absolute Gasteiger partial charge is 0.493 e. The van der Waals surface area contributed by atoms with Gasteiger partial charge in [-0.1, -0.05) is 31.5 Å². The second-order valence-corrected chi connectivity index (χ2v) is 7.28. The summed E-state index contributed by atoms with van der Waals surface area (Å²) in [5, 5.41) is -0.137. The monoisotopic (exact) mass is 415 g/mol. The number of halogens is 1. The molecular formula is C22H22ClNO5. The van der Waals surface area contributed by atoms with E-state index in [4.69, 9.17) is 25.8 Å². The highest BCUT2D eigenvalue weighted by Gasteiger charge is 2.39. The van der Waals surface area contributed by atoms with Crippen molar-refractivity contribution < 1.29 is 23.8 Å². The van der Waals surface area contributed by atoms with Crippen LogP contribution < -0.4 is 19.1 Å². The van der Waals surface area contributed by atoms with Gasteiger partial charge in [0, 0.05) is 0 Å². The summed E-state index contributed by atoms with van der Waals surface area (Å²) in [6, 6.07) is 11.7. The average molecular weight is 416 g/mol. The third-order valence-corrected chi connectivity index (χ3v) is 4.73. The van der Waals surface area contributed by atoms with E-state index in [0.717, 1.165) is 4.90 Å². The molecule has 0 radical (unpaired) electrons. The Kier molecular flexibility index (Phi) is 6.13. The molecule has 0 fully saturated rings. The normalized spacial score (nSPS) is 14.1. The first-order valence-electron chi connectivity index (χ1n) is 9.11. The van der Waals surface area contributed by atoms with Crippen molar-refractivity contribution in [2.75, 3.05) is 25.7 Å². The van der Waals surface area contributed by atoms with E-state index in [0.29, 0.717) is 41.0 Å².